The molecule has 0 saturated carbocycles. The molecule has 0 radical (unpaired) electrons. The fraction of sp³-hybridized carbons (Fsp3) is 0.917. The Hall–Kier alpha value is -0.610. The largest absolute Gasteiger partial charge is 0.468 e. The molecule has 0 aliphatic rings. The zero-order valence-electron chi connectivity index (χ0n) is 10.7. The number of aliphatic hydroxyl groups excluding tert-OH is 1. The first-order chi connectivity index (χ1) is 7.63. The summed E-state index contributed by atoms with van der Waals surface area (Å²) in [6.07, 6.45) is 4.02. The van der Waals surface area contributed by atoms with Gasteiger partial charge in [-0.1, -0.05) is 26.7 Å². The van der Waals surface area contributed by atoms with Crippen LogP contribution in [0.15, 0.2) is 0 Å². The van der Waals surface area contributed by atoms with Crippen molar-refractivity contribution in [2.45, 2.75) is 45.6 Å². The monoisotopic (exact) mass is 231 g/mol. The van der Waals surface area contributed by atoms with Crippen molar-refractivity contribution in [3.05, 3.63) is 0 Å². The number of hydrogen-bond acceptors (Lipinski definition) is 4. The van der Waals surface area contributed by atoms with Crippen LogP contribution in [0, 0.1) is 5.92 Å². The molecule has 4 heteroatoms. The number of carbonyl (C=O) groups excluding carboxylic acids is 1. The highest BCUT2D eigenvalue weighted by atomic mass is 16.5. The molecule has 0 aromatic carbocycles. The molecular formula is C12H25NO3. The van der Waals surface area contributed by atoms with E-state index >= 15 is 0 Å². The van der Waals surface area contributed by atoms with E-state index in [9.17, 15) is 4.79 Å². The number of hydrogen-bond donors (Lipinski definition) is 2. The Bertz CT molecular complexity index is 183. The Morgan fingerprint density at radius 2 is 1.88 bits per heavy atom. The molecule has 0 aromatic heterocycles. The molecule has 16 heavy (non-hydrogen) atoms. The van der Waals surface area contributed by atoms with Crippen molar-refractivity contribution in [2.24, 2.45) is 5.92 Å². The molecule has 0 bridgehead atoms. The summed E-state index contributed by atoms with van der Waals surface area (Å²) < 4.78 is 4.73. The lowest BCUT2D eigenvalue weighted by Crippen LogP contribution is -2.42. The van der Waals surface area contributed by atoms with Crippen LogP contribution in [0.25, 0.3) is 0 Å². The van der Waals surface area contributed by atoms with E-state index in [0.717, 1.165) is 32.2 Å². The number of rotatable bonds is 9. The predicted molar refractivity (Wildman–Crippen MR) is 64.2 cm³/mol. The van der Waals surface area contributed by atoms with Gasteiger partial charge >= 0.3 is 5.97 Å². The molecule has 1 atom stereocenters. The first-order valence-electron chi connectivity index (χ1n) is 6.05. The molecule has 0 fully saturated rings. The van der Waals surface area contributed by atoms with Gasteiger partial charge < -0.3 is 15.2 Å². The lowest BCUT2D eigenvalue weighted by molar-refractivity contribution is -0.144. The summed E-state index contributed by atoms with van der Waals surface area (Å²) in [5.41, 5.74) is 0. The molecule has 0 rings (SSSR count). The molecule has 0 spiro atoms. The Morgan fingerprint density at radius 3 is 2.38 bits per heavy atom. The van der Waals surface area contributed by atoms with E-state index in [1.54, 1.807) is 0 Å². The fourth-order valence-electron chi connectivity index (χ4n) is 1.57. The minimum absolute atomic E-state index is 0.189. The van der Waals surface area contributed by atoms with Gasteiger partial charge in [0.1, 0.15) is 6.04 Å². The molecule has 0 aliphatic heterocycles. The number of carbonyl (C=O) groups is 1. The maximum Gasteiger partial charge on any atom is 0.323 e. The summed E-state index contributed by atoms with van der Waals surface area (Å²) >= 11 is 0. The van der Waals surface area contributed by atoms with Crippen LogP contribution in [-0.2, 0) is 9.53 Å². The third-order valence-electron chi connectivity index (χ3n) is 2.57. The second-order valence-corrected chi connectivity index (χ2v) is 4.34. The normalized spacial score (nSPS) is 12.8. The first kappa shape index (κ1) is 15.4. The van der Waals surface area contributed by atoms with Gasteiger partial charge in [-0.2, -0.15) is 0 Å². The van der Waals surface area contributed by atoms with E-state index in [0.29, 0.717) is 0 Å². The molecule has 96 valence electrons. The first-order valence-corrected chi connectivity index (χ1v) is 6.05. The highest BCUT2D eigenvalue weighted by molar-refractivity contribution is 5.75. The smallest absolute Gasteiger partial charge is 0.323 e. The van der Waals surface area contributed by atoms with Crippen molar-refractivity contribution in [3.8, 4) is 0 Å². The van der Waals surface area contributed by atoms with Crippen LogP contribution in [-0.4, -0.2) is 37.4 Å². The molecule has 2 N–H and O–H groups in total. The van der Waals surface area contributed by atoms with Gasteiger partial charge in [0, 0.05) is 6.61 Å². The van der Waals surface area contributed by atoms with Crippen LogP contribution in [0.1, 0.15) is 39.5 Å². The molecule has 0 aromatic rings. The lowest BCUT2D eigenvalue weighted by atomic mass is 10.0. The molecule has 0 amide bonds. The van der Waals surface area contributed by atoms with Crippen molar-refractivity contribution >= 4 is 5.97 Å². The SMILES string of the molecule is COC(=O)C(NCCCCCCO)C(C)C. The molecule has 0 aliphatic carbocycles. The van der Waals surface area contributed by atoms with Gasteiger partial charge in [0.25, 0.3) is 0 Å². The van der Waals surface area contributed by atoms with Gasteiger partial charge in [-0.15, -0.1) is 0 Å². The van der Waals surface area contributed by atoms with Crippen molar-refractivity contribution in [1.29, 1.82) is 0 Å². The highest BCUT2D eigenvalue weighted by Crippen LogP contribution is 2.04. The molecular weight excluding hydrogens is 206 g/mol. The third kappa shape index (κ3) is 6.80. The zero-order chi connectivity index (χ0) is 12.4. The van der Waals surface area contributed by atoms with Gasteiger partial charge in [-0.05, 0) is 25.3 Å². The van der Waals surface area contributed by atoms with Crippen LogP contribution in [0.2, 0.25) is 0 Å². The molecule has 4 nitrogen and oxygen atoms in total. The van der Waals surface area contributed by atoms with E-state index < -0.39 is 0 Å². The third-order valence-corrected chi connectivity index (χ3v) is 2.57. The second-order valence-electron chi connectivity index (χ2n) is 4.34. The van der Waals surface area contributed by atoms with Gasteiger partial charge in [-0.3, -0.25) is 4.79 Å². The summed E-state index contributed by atoms with van der Waals surface area (Å²) in [4.78, 5) is 11.4. The topological polar surface area (TPSA) is 58.6 Å². The summed E-state index contributed by atoms with van der Waals surface area (Å²) in [5, 5.41) is 11.8. The van der Waals surface area contributed by atoms with Crippen molar-refractivity contribution in [3.63, 3.8) is 0 Å². The van der Waals surface area contributed by atoms with Crippen LogP contribution >= 0.6 is 0 Å². The van der Waals surface area contributed by atoms with Gasteiger partial charge in [0.05, 0.1) is 7.11 Å². The van der Waals surface area contributed by atoms with E-state index in [4.69, 9.17) is 9.84 Å². The van der Waals surface area contributed by atoms with Gasteiger partial charge in [0.15, 0.2) is 0 Å². The Balaban J connectivity index is 3.65. The van der Waals surface area contributed by atoms with Crippen molar-refractivity contribution in [2.75, 3.05) is 20.3 Å². The van der Waals surface area contributed by atoms with E-state index in [-0.39, 0.29) is 24.5 Å². The number of aliphatic hydroxyl groups is 1. The molecule has 0 heterocycles. The second kappa shape index (κ2) is 9.60. The number of ether oxygens (including phenoxy) is 1. The van der Waals surface area contributed by atoms with Crippen LogP contribution < -0.4 is 5.32 Å². The standard InChI is InChI=1S/C12H25NO3/c1-10(2)11(12(15)16-3)13-8-6-4-5-7-9-14/h10-11,13-14H,4-9H2,1-3H3. The van der Waals surface area contributed by atoms with Crippen molar-refractivity contribution < 1.29 is 14.6 Å². The predicted octanol–water partition coefficient (Wildman–Crippen LogP) is 1.33. The summed E-state index contributed by atoms with van der Waals surface area (Å²) in [6, 6.07) is -0.206. The Kier molecular flexibility index (Phi) is 9.24. The van der Waals surface area contributed by atoms with E-state index in [1.165, 1.54) is 7.11 Å². The molecule has 1 unspecified atom stereocenters. The Labute approximate surface area is 98.4 Å². The van der Waals surface area contributed by atoms with Gasteiger partial charge in [-0.25, -0.2) is 0 Å². The van der Waals surface area contributed by atoms with E-state index in [2.05, 4.69) is 5.32 Å². The van der Waals surface area contributed by atoms with Crippen LogP contribution in [0.5, 0.6) is 0 Å². The maximum atomic E-state index is 11.4. The summed E-state index contributed by atoms with van der Waals surface area (Å²) in [6.45, 7) is 5.09. The van der Waals surface area contributed by atoms with Crippen LogP contribution in [0.4, 0.5) is 0 Å². The summed E-state index contributed by atoms with van der Waals surface area (Å²) in [5.74, 6) is 0.0512. The summed E-state index contributed by atoms with van der Waals surface area (Å²) in [7, 11) is 1.42. The minimum Gasteiger partial charge on any atom is -0.468 e. The zero-order valence-corrected chi connectivity index (χ0v) is 10.7. The molecule has 0 saturated heterocycles. The van der Waals surface area contributed by atoms with Gasteiger partial charge in [0.2, 0.25) is 0 Å². The number of methoxy groups -OCH3 is 1. The average Bonchev–Trinajstić information content (AvgIpc) is 2.26. The van der Waals surface area contributed by atoms with E-state index in [1.807, 2.05) is 13.8 Å². The van der Waals surface area contributed by atoms with Crippen molar-refractivity contribution in [1.82, 2.24) is 5.32 Å². The Morgan fingerprint density at radius 1 is 1.25 bits per heavy atom. The maximum absolute atomic E-state index is 11.4. The minimum atomic E-state index is -0.206. The lowest BCUT2D eigenvalue weighted by Gasteiger charge is -2.19. The fourth-order valence-corrected chi connectivity index (χ4v) is 1.57. The highest BCUT2D eigenvalue weighted by Gasteiger charge is 2.21. The number of esters is 1. The average molecular weight is 231 g/mol. The number of nitrogens with one attached hydrogen (secondary N) is 1. The number of unbranched alkanes of at least 4 members (excludes halogenated alkanes) is 3. The van der Waals surface area contributed by atoms with Crippen LogP contribution in [0.3, 0.4) is 0 Å². The quantitative estimate of drug-likeness (QED) is 0.464.